The van der Waals surface area contributed by atoms with E-state index < -0.39 is 12.1 Å². The molecular formula is C54H42N4O4+4. The zero-order chi connectivity index (χ0) is 41.7. The van der Waals surface area contributed by atoms with E-state index in [4.69, 9.17) is 18.9 Å². The SMILES string of the molecule is Cc1cccc2c1OC1(Oc3c(C)ccc4ccc5ccc[n+]1c5c34)[n+]1ccccc1-2.Cc1cccc2c1OC1(Oc3c(C)cccc3-c3cccc[n+]31)[N+](c1ccccc1)=C2. The number of pyridine rings is 3. The van der Waals surface area contributed by atoms with Gasteiger partial charge < -0.3 is 18.9 Å². The number of rotatable bonds is 1. The molecule has 0 N–H and O–H groups in total. The average Bonchev–Trinajstić information content (AvgIpc) is 3.31. The summed E-state index contributed by atoms with van der Waals surface area (Å²) in [6.07, 6.45) is 8.23. The molecule has 9 aromatic rings. The van der Waals surface area contributed by atoms with Gasteiger partial charge in [0, 0.05) is 47.9 Å². The molecule has 2 unspecified atom stereocenters. The Kier molecular flexibility index (Phi) is 7.75. The van der Waals surface area contributed by atoms with E-state index in [2.05, 4.69) is 186 Å². The van der Waals surface area contributed by atoms with Crippen LogP contribution in [0.15, 0.2) is 176 Å². The second kappa shape index (κ2) is 13.3. The zero-order valence-electron chi connectivity index (χ0n) is 34.7. The van der Waals surface area contributed by atoms with Crippen molar-refractivity contribution in [3.63, 3.8) is 0 Å². The van der Waals surface area contributed by atoms with E-state index in [0.717, 1.165) is 101 Å². The molecule has 0 fully saturated rings. The van der Waals surface area contributed by atoms with Crippen LogP contribution in [0.25, 0.3) is 44.2 Å². The third kappa shape index (κ3) is 5.07. The number of para-hydroxylation sites is 4. The third-order valence-electron chi connectivity index (χ3n) is 12.5. The fraction of sp³-hybridized carbons (Fsp3) is 0.111. The Morgan fingerprint density at radius 1 is 0.387 bits per heavy atom. The van der Waals surface area contributed by atoms with Crippen molar-refractivity contribution in [3.05, 3.63) is 204 Å². The molecule has 4 aliphatic rings. The summed E-state index contributed by atoms with van der Waals surface area (Å²) >= 11 is 0. The standard InChI is InChI=1S/C27H20N2O2.C27H22N2O2/c1-17-7-5-9-21-22-10-3-4-15-28(22)27(30-25(17)21)29-16-6-8-20-14-13-19-12-11-18(2)26(31-27)23(19)24(20)29;1-19-10-8-12-21-18-29(22-13-4-3-5-14-22)27(30-25(19)21)28-17-7-6-16-24(28)23-15-9-11-20(2)26(23)31-27/h3-16H,1-2H3;3-18H,1-2H3/q2*+2. The summed E-state index contributed by atoms with van der Waals surface area (Å²) in [5, 5.41) is 3.44. The van der Waals surface area contributed by atoms with Gasteiger partial charge in [-0.05, 0) is 97.8 Å². The topological polar surface area (TPSA) is 51.6 Å². The summed E-state index contributed by atoms with van der Waals surface area (Å²) in [5.74, 6) is 3.38. The maximum atomic E-state index is 6.90. The lowest BCUT2D eigenvalue weighted by molar-refractivity contribution is -1.05. The fourth-order valence-electron chi connectivity index (χ4n) is 9.52. The Bertz CT molecular complexity index is 3380. The van der Waals surface area contributed by atoms with E-state index in [9.17, 15) is 0 Å². The molecule has 0 radical (unpaired) electrons. The van der Waals surface area contributed by atoms with Gasteiger partial charge in [-0.2, -0.15) is 0 Å². The van der Waals surface area contributed by atoms with Gasteiger partial charge in [0.1, 0.15) is 0 Å². The molecule has 0 saturated heterocycles. The van der Waals surface area contributed by atoms with Gasteiger partial charge in [-0.3, -0.25) is 0 Å². The Balaban J connectivity index is 0.000000132. The van der Waals surface area contributed by atoms with E-state index in [1.165, 1.54) is 0 Å². The summed E-state index contributed by atoms with van der Waals surface area (Å²) in [4.78, 5) is 0. The van der Waals surface area contributed by atoms with Crippen molar-refractivity contribution in [1.82, 2.24) is 0 Å². The van der Waals surface area contributed by atoms with Gasteiger partial charge in [0.15, 0.2) is 47.8 Å². The zero-order valence-corrected chi connectivity index (χ0v) is 34.7. The third-order valence-corrected chi connectivity index (χ3v) is 12.5. The second-order valence-corrected chi connectivity index (χ2v) is 16.3. The quantitative estimate of drug-likeness (QED) is 0.122. The molecule has 62 heavy (non-hydrogen) atoms. The van der Waals surface area contributed by atoms with E-state index in [1.807, 2.05) is 42.7 Å². The lowest BCUT2D eigenvalue weighted by Crippen LogP contribution is -2.81. The summed E-state index contributed by atoms with van der Waals surface area (Å²) < 4.78 is 35.8. The molecule has 8 nitrogen and oxygen atoms in total. The first-order valence-corrected chi connectivity index (χ1v) is 21.0. The molecule has 0 bridgehead atoms. The largest absolute Gasteiger partial charge is 0.714 e. The van der Waals surface area contributed by atoms with Crippen LogP contribution in [-0.2, 0) is 12.1 Å². The molecule has 2 atom stereocenters. The van der Waals surface area contributed by atoms with Crippen LogP contribution in [0, 0.1) is 27.7 Å². The predicted octanol–water partition coefficient (Wildman–Crippen LogP) is 9.83. The molecule has 298 valence electrons. The molecule has 2 spiro atoms. The Morgan fingerprint density at radius 2 is 0.919 bits per heavy atom. The van der Waals surface area contributed by atoms with Crippen molar-refractivity contribution in [2.75, 3.05) is 0 Å². The average molecular weight is 811 g/mol. The second-order valence-electron chi connectivity index (χ2n) is 16.3. The van der Waals surface area contributed by atoms with E-state index in [-0.39, 0.29) is 0 Å². The highest BCUT2D eigenvalue weighted by Gasteiger charge is 2.67. The van der Waals surface area contributed by atoms with Gasteiger partial charge >= 0.3 is 12.1 Å². The highest BCUT2D eigenvalue weighted by atomic mass is 16.7. The molecule has 7 heterocycles. The van der Waals surface area contributed by atoms with Crippen molar-refractivity contribution in [2.45, 2.75) is 39.8 Å². The number of aryl methyl sites for hydroxylation is 4. The molecule has 4 aliphatic heterocycles. The molecule has 13 rings (SSSR count). The monoisotopic (exact) mass is 810 g/mol. The molecule has 3 aromatic heterocycles. The minimum atomic E-state index is -1.23. The number of fused-ring (bicyclic) bond motifs is 10. The molecule has 0 amide bonds. The highest BCUT2D eigenvalue weighted by Crippen LogP contribution is 2.46. The Labute approximate surface area is 359 Å². The number of benzene rings is 6. The van der Waals surface area contributed by atoms with Crippen LogP contribution in [-0.4, -0.2) is 10.8 Å². The number of hydrogen-bond acceptors (Lipinski definition) is 4. The first-order valence-electron chi connectivity index (χ1n) is 21.0. The first kappa shape index (κ1) is 36.0. The van der Waals surface area contributed by atoms with E-state index >= 15 is 0 Å². The summed E-state index contributed by atoms with van der Waals surface area (Å²) in [6.45, 7) is 8.32. The molecule has 8 heteroatoms. The van der Waals surface area contributed by atoms with Crippen molar-refractivity contribution >= 4 is 33.6 Å². The van der Waals surface area contributed by atoms with Crippen molar-refractivity contribution in [1.29, 1.82) is 0 Å². The van der Waals surface area contributed by atoms with Crippen LogP contribution in [0.3, 0.4) is 0 Å². The highest BCUT2D eigenvalue weighted by molar-refractivity contribution is 6.07. The van der Waals surface area contributed by atoms with Gasteiger partial charge in [0.25, 0.3) is 0 Å². The van der Waals surface area contributed by atoms with Crippen molar-refractivity contribution in [2.24, 2.45) is 0 Å². The van der Waals surface area contributed by atoms with Gasteiger partial charge in [-0.1, -0.05) is 91.1 Å². The van der Waals surface area contributed by atoms with E-state index in [0.29, 0.717) is 0 Å². The summed E-state index contributed by atoms with van der Waals surface area (Å²) in [6, 6.07) is 51.7. The summed E-state index contributed by atoms with van der Waals surface area (Å²) in [7, 11) is 0. The Morgan fingerprint density at radius 3 is 1.63 bits per heavy atom. The van der Waals surface area contributed by atoms with Gasteiger partial charge in [-0.15, -0.1) is 0 Å². The maximum absolute atomic E-state index is 6.90. The number of nitrogens with zero attached hydrogens (tertiary/aromatic N) is 4. The van der Waals surface area contributed by atoms with Crippen LogP contribution < -0.4 is 32.6 Å². The van der Waals surface area contributed by atoms with E-state index in [1.54, 1.807) is 0 Å². The van der Waals surface area contributed by atoms with Crippen LogP contribution in [0.1, 0.15) is 27.8 Å². The lowest BCUT2D eigenvalue weighted by Gasteiger charge is -2.32. The maximum Gasteiger partial charge on any atom is 0.714 e. The Hall–Kier alpha value is -7.84. The van der Waals surface area contributed by atoms with Crippen molar-refractivity contribution in [3.8, 4) is 45.5 Å². The lowest BCUT2D eigenvalue weighted by atomic mass is 10.00. The van der Waals surface area contributed by atoms with Crippen LogP contribution in [0.5, 0.6) is 23.0 Å². The smallest absolute Gasteiger partial charge is 0.340 e. The molecule has 0 aliphatic carbocycles. The van der Waals surface area contributed by atoms with Gasteiger partial charge in [-0.25, -0.2) is 0 Å². The molecule has 6 aromatic carbocycles. The van der Waals surface area contributed by atoms with Crippen LogP contribution in [0.4, 0.5) is 5.69 Å². The van der Waals surface area contributed by atoms with Crippen LogP contribution in [0.2, 0.25) is 0 Å². The fourth-order valence-corrected chi connectivity index (χ4v) is 9.52. The summed E-state index contributed by atoms with van der Waals surface area (Å²) in [5.41, 5.74) is 11.6. The normalized spacial score (nSPS) is 18.1. The minimum absolute atomic E-state index is 0.828. The van der Waals surface area contributed by atoms with Gasteiger partial charge in [0.2, 0.25) is 22.6 Å². The van der Waals surface area contributed by atoms with Gasteiger partial charge in [0.05, 0.1) is 22.1 Å². The number of ether oxygens (including phenoxy) is 4. The number of aromatic nitrogens is 3. The number of hydrogen-bond donors (Lipinski definition) is 0. The molecular weight excluding hydrogens is 769 g/mol. The minimum Gasteiger partial charge on any atom is -0.340 e. The predicted molar refractivity (Wildman–Crippen MR) is 237 cm³/mol. The van der Waals surface area contributed by atoms with Crippen molar-refractivity contribution < 1.29 is 37.2 Å². The molecule has 0 saturated carbocycles. The van der Waals surface area contributed by atoms with Crippen LogP contribution >= 0.6 is 0 Å². The first-order chi connectivity index (χ1) is 30.3.